The molecule has 0 aliphatic carbocycles. The highest BCUT2D eigenvalue weighted by molar-refractivity contribution is 5.71. The summed E-state index contributed by atoms with van der Waals surface area (Å²) in [6, 6.07) is 0. The molecule has 0 saturated carbocycles. The van der Waals surface area contributed by atoms with Crippen molar-refractivity contribution in [2.24, 2.45) is 0 Å². The molecule has 6 heteroatoms. The molecule has 0 spiro atoms. The van der Waals surface area contributed by atoms with Crippen LogP contribution in [0.1, 0.15) is 278 Å². The highest BCUT2D eigenvalue weighted by Gasteiger charge is 2.19. The van der Waals surface area contributed by atoms with Gasteiger partial charge in [-0.2, -0.15) is 0 Å². The normalized spacial score (nSPS) is 12.6. The molecule has 0 radical (unpaired) electrons. The van der Waals surface area contributed by atoms with Crippen LogP contribution in [0.5, 0.6) is 0 Å². The summed E-state index contributed by atoms with van der Waals surface area (Å²) in [5, 5.41) is 0. The van der Waals surface area contributed by atoms with Crippen LogP contribution in [0.4, 0.5) is 0 Å². The lowest BCUT2D eigenvalue weighted by atomic mass is 10.0. The Labute approximate surface area is 414 Å². The van der Waals surface area contributed by atoms with Crippen LogP contribution >= 0.6 is 0 Å². The Morgan fingerprint density at radius 1 is 0.313 bits per heavy atom. The lowest BCUT2D eigenvalue weighted by Crippen LogP contribution is -2.30. The van der Waals surface area contributed by atoms with Gasteiger partial charge in [-0.15, -0.1) is 0 Å². The van der Waals surface area contributed by atoms with Crippen molar-refractivity contribution in [3.05, 3.63) is 72.9 Å². The number of ether oxygens (including phenoxy) is 3. The van der Waals surface area contributed by atoms with Crippen molar-refractivity contribution in [3.63, 3.8) is 0 Å². The zero-order valence-electron chi connectivity index (χ0n) is 44.2. The first-order valence-electron chi connectivity index (χ1n) is 28.4. The van der Waals surface area contributed by atoms with Gasteiger partial charge in [0.15, 0.2) is 6.10 Å². The molecule has 0 aromatic heterocycles. The average molecular weight is 936 g/mol. The van der Waals surface area contributed by atoms with E-state index in [1.54, 1.807) is 0 Å². The highest BCUT2D eigenvalue weighted by Crippen LogP contribution is 2.16. The van der Waals surface area contributed by atoms with Gasteiger partial charge in [-0.1, -0.05) is 248 Å². The van der Waals surface area contributed by atoms with E-state index in [0.717, 1.165) is 103 Å². The zero-order chi connectivity index (χ0) is 48.6. The first-order valence-corrected chi connectivity index (χ1v) is 28.4. The van der Waals surface area contributed by atoms with Crippen molar-refractivity contribution >= 4 is 17.9 Å². The number of allylic oxidation sites excluding steroid dienone is 12. The van der Waals surface area contributed by atoms with Gasteiger partial charge in [0.05, 0.1) is 0 Å². The minimum Gasteiger partial charge on any atom is -0.462 e. The van der Waals surface area contributed by atoms with Crippen LogP contribution in [0.2, 0.25) is 0 Å². The minimum atomic E-state index is -0.790. The number of carbonyl (C=O) groups is 3. The summed E-state index contributed by atoms with van der Waals surface area (Å²) in [4.78, 5) is 38.1. The van der Waals surface area contributed by atoms with E-state index in [9.17, 15) is 14.4 Å². The average Bonchev–Trinajstić information content (AvgIpc) is 3.33. The smallest absolute Gasteiger partial charge is 0.306 e. The van der Waals surface area contributed by atoms with Gasteiger partial charge in [0.25, 0.3) is 0 Å². The lowest BCUT2D eigenvalue weighted by Gasteiger charge is -2.18. The molecule has 6 nitrogen and oxygen atoms in total. The minimum absolute atomic E-state index is 0.0886. The standard InChI is InChI=1S/C61H106O6/c1-4-7-10-13-16-19-22-24-26-28-30-32-34-36-39-42-45-48-51-54-60(63)66-57-58(56-65-59(62)53-50-47-44-41-38-21-18-15-12-9-6-3)67-61(64)55-52-49-46-43-40-37-35-33-31-29-27-25-23-20-17-14-11-8-5-2/h7,10,15-16,18-19,24,26,30,32,36,39,58H,4-6,8-9,11-14,17,20-23,25,27-29,31,33-35,37-38,40-57H2,1-3H3/b10-7-,18-15-,19-16-,26-24-,32-30-,39-36-/t58-/m0/s1. The zero-order valence-corrected chi connectivity index (χ0v) is 44.2. The maximum atomic E-state index is 12.8. The van der Waals surface area contributed by atoms with E-state index in [4.69, 9.17) is 14.2 Å². The molecule has 0 unspecified atom stereocenters. The van der Waals surface area contributed by atoms with Gasteiger partial charge in [-0.05, 0) is 83.5 Å². The Hall–Kier alpha value is -3.15. The molecule has 67 heavy (non-hydrogen) atoms. The van der Waals surface area contributed by atoms with E-state index >= 15 is 0 Å². The van der Waals surface area contributed by atoms with E-state index in [1.807, 2.05) is 0 Å². The summed E-state index contributed by atoms with van der Waals surface area (Å²) in [7, 11) is 0. The van der Waals surface area contributed by atoms with Crippen LogP contribution in [0.25, 0.3) is 0 Å². The molecule has 0 heterocycles. The van der Waals surface area contributed by atoms with Gasteiger partial charge in [-0.3, -0.25) is 14.4 Å². The Kier molecular flexibility index (Phi) is 52.8. The third kappa shape index (κ3) is 53.7. The molecule has 0 aliphatic heterocycles. The second kappa shape index (κ2) is 55.4. The van der Waals surface area contributed by atoms with Crippen LogP contribution in [-0.2, 0) is 28.6 Å². The molecule has 1 atom stereocenters. The Bertz CT molecular complexity index is 1260. The van der Waals surface area contributed by atoms with Gasteiger partial charge in [0.2, 0.25) is 0 Å². The van der Waals surface area contributed by atoms with Crippen molar-refractivity contribution in [1.82, 2.24) is 0 Å². The van der Waals surface area contributed by atoms with Gasteiger partial charge < -0.3 is 14.2 Å². The summed E-state index contributed by atoms with van der Waals surface area (Å²) >= 11 is 0. The van der Waals surface area contributed by atoms with Gasteiger partial charge in [0, 0.05) is 19.3 Å². The number of unbranched alkanes of at least 4 members (excludes halogenated alkanes) is 28. The third-order valence-corrected chi connectivity index (χ3v) is 12.2. The molecule has 386 valence electrons. The van der Waals surface area contributed by atoms with Crippen molar-refractivity contribution in [3.8, 4) is 0 Å². The summed E-state index contributed by atoms with van der Waals surface area (Å²) in [6.07, 6.45) is 70.4. The molecule has 0 aromatic rings. The van der Waals surface area contributed by atoms with Gasteiger partial charge in [0.1, 0.15) is 13.2 Å². The molecule has 0 saturated heterocycles. The number of carbonyl (C=O) groups excluding carboxylic acids is 3. The SMILES string of the molecule is CC/C=C\C/C=C\C/C=C\C/C=C\C/C=C\CCCCCC(=O)OC[C@H](COC(=O)CCCCCCC/C=C\CCCC)OC(=O)CCCCCCCCCCCCCCCCCCCCC. The molecule has 0 amide bonds. The Morgan fingerprint density at radius 2 is 0.597 bits per heavy atom. The molecule has 0 N–H and O–H groups in total. The summed E-state index contributed by atoms with van der Waals surface area (Å²) in [5.74, 6) is -0.922. The molecule has 0 aliphatic rings. The van der Waals surface area contributed by atoms with E-state index in [2.05, 4.69) is 93.7 Å². The number of hydrogen-bond donors (Lipinski definition) is 0. The van der Waals surface area contributed by atoms with E-state index in [0.29, 0.717) is 19.3 Å². The lowest BCUT2D eigenvalue weighted by molar-refractivity contribution is -0.167. The first kappa shape index (κ1) is 63.8. The molecule has 0 fully saturated rings. The molecule has 0 rings (SSSR count). The number of rotatable bonds is 51. The molecular weight excluding hydrogens is 829 g/mol. The van der Waals surface area contributed by atoms with Crippen molar-refractivity contribution < 1.29 is 28.6 Å². The maximum Gasteiger partial charge on any atom is 0.306 e. The fourth-order valence-electron chi connectivity index (χ4n) is 7.92. The van der Waals surface area contributed by atoms with Crippen LogP contribution in [0.15, 0.2) is 72.9 Å². The van der Waals surface area contributed by atoms with Crippen molar-refractivity contribution in [1.29, 1.82) is 0 Å². The van der Waals surface area contributed by atoms with Crippen molar-refractivity contribution in [2.45, 2.75) is 284 Å². The predicted molar refractivity (Wildman–Crippen MR) is 288 cm³/mol. The van der Waals surface area contributed by atoms with Crippen LogP contribution in [0.3, 0.4) is 0 Å². The second-order valence-electron chi connectivity index (χ2n) is 18.8. The molecule has 0 aromatic carbocycles. The quantitative estimate of drug-likeness (QED) is 0.0262. The highest BCUT2D eigenvalue weighted by atomic mass is 16.6. The van der Waals surface area contributed by atoms with Gasteiger partial charge in [-0.25, -0.2) is 0 Å². The summed E-state index contributed by atoms with van der Waals surface area (Å²) < 4.78 is 16.8. The van der Waals surface area contributed by atoms with Crippen LogP contribution in [0, 0.1) is 0 Å². The fraction of sp³-hybridized carbons (Fsp3) is 0.754. The van der Waals surface area contributed by atoms with E-state index < -0.39 is 6.10 Å². The van der Waals surface area contributed by atoms with E-state index in [1.165, 1.54) is 135 Å². The number of esters is 3. The summed E-state index contributed by atoms with van der Waals surface area (Å²) in [5.41, 5.74) is 0. The Balaban J connectivity index is 4.38. The fourth-order valence-corrected chi connectivity index (χ4v) is 7.92. The third-order valence-electron chi connectivity index (χ3n) is 12.2. The predicted octanol–water partition coefficient (Wildman–Crippen LogP) is 19.0. The topological polar surface area (TPSA) is 78.9 Å². The van der Waals surface area contributed by atoms with Crippen LogP contribution < -0.4 is 0 Å². The van der Waals surface area contributed by atoms with Crippen molar-refractivity contribution in [2.75, 3.05) is 13.2 Å². The number of hydrogen-bond acceptors (Lipinski definition) is 6. The molecule has 0 bridgehead atoms. The van der Waals surface area contributed by atoms with Gasteiger partial charge >= 0.3 is 17.9 Å². The van der Waals surface area contributed by atoms with E-state index in [-0.39, 0.29) is 31.1 Å². The first-order chi connectivity index (χ1) is 33.0. The summed E-state index contributed by atoms with van der Waals surface area (Å²) in [6.45, 7) is 6.47. The monoisotopic (exact) mass is 935 g/mol. The largest absolute Gasteiger partial charge is 0.462 e. The Morgan fingerprint density at radius 3 is 0.985 bits per heavy atom. The maximum absolute atomic E-state index is 12.8. The van der Waals surface area contributed by atoms with Crippen LogP contribution in [-0.4, -0.2) is 37.2 Å². The second-order valence-corrected chi connectivity index (χ2v) is 18.8. The molecular formula is C61H106O6.